The highest BCUT2D eigenvalue weighted by atomic mass is 16.1. The molecule has 1 aliphatic rings. The predicted octanol–water partition coefficient (Wildman–Crippen LogP) is 3.73. The molecule has 1 aromatic heterocycles. The quantitative estimate of drug-likeness (QED) is 0.769. The van der Waals surface area contributed by atoms with Crippen molar-refractivity contribution >= 4 is 22.6 Å². The largest absolute Gasteiger partial charge is 0.330 e. The standard InChI is InChI=1S/C22H26N4O/c1-16-7-9-18(10-8-16)23-22(27)17-11-13-26(14-12-17)15-21-24-19-5-3-4-6-20(19)25(21)2/h3-10,17H,11-15H2,1-2H3,(H,23,27). The molecule has 2 aromatic carbocycles. The first-order valence-electron chi connectivity index (χ1n) is 9.60. The Morgan fingerprint density at radius 1 is 1.11 bits per heavy atom. The van der Waals surface area contributed by atoms with Crippen molar-refractivity contribution in [3.8, 4) is 0 Å². The molecule has 3 aromatic rings. The summed E-state index contributed by atoms with van der Waals surface area (Å²) >= 11 is 0. The number of anilines is 1. The molecular weight excluding hydrogens is 336 g/mol. The van der Waals surface area contributed by atoms with Crippen LogP contribution in [0.3, 0.4) is 0 Å². The van der Waals surface area contributed by atoms with E-state index in [1.807, 2.05) is 43.3 Å². The highest BCUT2D eigenvalue weighted by Gasteiger charge is 2.25. The molecule has 1 aliphatic heterocycles. The van der Waals surface area contributed by atoms with Gasteiger partial charge in [0.2, 0.25) is 5.91 Å². The number of hydrogen-bond donors (Lipinski definition) is 1. The van der Waals surface area contributed by atoms with Crippen molar-refractivity contribution in [1.82, 2.24) is 14.5 Å². The van der Waals surface area contributed by atoms with Gasteiger partial charge in [0.25, 0.3) is 0 Å². The first kappa shape index (κ1) is 17.7. The van der Waals surface area contributed by atoms with Gasteiger partial charge in [0.15, 0.2) is 0 Å². The number of fused-ring (bicyclic) bond motifs is 1. The van der Waals surface area contributed by atoms with Crippen LogP contribution in [-0.4, -0.2) is 33.4 Å². The number of carbonyl (C=O) groups is 1. The van der Waals surface area contributed by atoms with E-state index in [2.05, 4.69) is 34.0 Å². The van der Waals surface area contributed by atoms with Gasteiger partial charge in [-0.1, -0.05) is 29.8 Å². The molecule has 0 atom stereocenters. The van der Waals surface area contributed by atoms with Gasteiger partial charge >= 0.3 is 0 Å². The lowest BCUT2D eigenvalue weighted by atomic mass is 9.95. The van der Waals surface area contributed by atoms with Crippen molar-refractivity contribution in [3.63, 3.8) is 0 Å². The summed E-state index contributed by atoms with van der Waals surface area (Å²) in [6.07, 6.45) is 1.78. The zero-order chi connectivity index (χ0) is 18.8. The normalized spacial score (nSPS) is 15.9. The topological polar surface area (TPSA) is 50.2 Å². The van der Waals surface area contributed by atoms with Crippen molar-refractivity contribution in [2.45, 2.75) is 26.3 Å². The second-order valence-corrected chi connectivity index (χ2v) is 7.48. The van der Waals surface area contributed by atoms with E-state index in [-0.39, 0.29) is 11.8 Å². The molecule has 0 radical (unpaired) electrons. The highest BCUT2D eigenvalue weighted by Crippen LogP contribution is 2.22. The number of aryl methyl sites for hydroxylation is 2. The molecular formula is C22H26N4O. The van der Waals surface area contributed by atoms with E-state index in [0.717, 1.165) is 49.5 Å². The predicted molar refractivity (Wildman–Crippen MR) is 109 cm³/mol. The van der Waals surface area contributed by atoms with Gasteiger partial charge in [-0.3, -0.25) is 9.69 Å². The summed E-state index contributed by atoms with van der Waals surface area (Å²) in [6, 6.07) is 16.2. The van der Waals surface area contributed by atoms with Crippen LogP contribution in [0.4, 0.5) is 5.69 Å². The summed E-state index contributed by atoms with van der Waals surface area (Å²) in [5, 5.41) is 3.06. The monoisotopic (exact) mass is 362 g/mol. The number of amides is 1. The van der Waals surface area contributed by atoms with Crippen LogP contribution in [0.1, 0.15) is 24.2 Å². The average molecular weight is 362 g/mol. The maximum Gasteiger partial charge on any atom is 0.227 e. The van der Waals surface area contributed by atoms with Gasteiger partial charge in [-0.15, -0.1) is 0 Å². The van der Waals surface area contributed by atoms with E-state index in [0.29, 0.717) is 0 Å². The Labute approximate surface area is 160 Å². The number of piperidine rings is 1. The lowest BCUT2D eigenvalue weighted by Crippen LogP contribution is -2.38. The van der Waals surface area contributed by atoms with Gasteiger partial charge in [-0.05, 0) is 57.1 Å². The van der Waals surface area contributed by atoms with Crippen LogP contribution in [0.25, 0.3) is 11.0 Å². The zero-order valence-electron chi connectivity index (χ0n) is 16.0. The van der Waals surface area contributed by atoms with Crippen LogP contribution in [-0.2, 0) is 18.4 Å². The van der Waals surface area contributed by atoms with Gasteiger partial charge in [0.05, 0.1) is 17.6 Å². The third-order valence-electron chi connectivity index (χ3n) is 5.52. The molecule has 0 bridgehead atoms. The van der Waals surface area contributed by atoms with Crippen LogP contribution >= 0.6 is 0 Å². The summed E-state index contributed by atoms with van der Waals surface area (Å²) in [6.45, 7) is 4.73. The molecule has 1 N–H and O–H groups in total. The minimum atomic E-state index is 0.0861. The molecule has 1 saturated heterocycles. The number of para-hydroxylation sites is 2. The molecule has 5 heteroatoms. The van der Waals surface area contributed by atoms with E-state index >= 15 is 0 Å². The molecule has 0 unspecified atom stereocenters. The second kappa shape index (κ2) is 7.53. The van der Waals surface area contributed by atoms with E-state index < -0.39 is 0 Å². The number of likely N-dealkylation sites (tertiary alicyclic amines) is 1. The Balaban J connectivity index is 1.33. The van der Waals surface area contributed by atoms with Crippen molar-refractivity contribution in [1.29, 1.82) is 0 Å². The summed E-state index contributed by atoms with van der Waals surface area (Å²) in [4.78, 5) is 19.7. The molecule has 2 heterocycles. The minimum absolute atomic E-state index is 0.0861. The van der Waals surface area contributed by atoms with Crippen LogP contribution in [0.15, 0.2) is 48.5 Å². The molecule has 4 rings (SSSR count). The van der Waals surface area contributed by atoms with Crippen LogP contribution < -0.4 is 5.32 Å². The summed E-state index contributed by atoms with van der Waals surface area (Å²) in [5.41, 5.74) is 4.29. The molecule has 0 spiro atoms. The fraction of sp³-hybridized carbons (Fsp3) is 0.364. The smallest absolute Gasteiger partial charge is 0.227 e. The van der Waals surface area contributed by atoms with Crippen molar-refractivity contribution in [2.24, 2.45) is 13.0 Å². The molecule has 0 saturated carbocycles. The van der Waals surface area contributed by atoms with Crippen molar-refractivity contribution < 1.29 is 4.79 Å². The lowest BCUT2D eigenvalue weighted by Gasteiger charge is -2.31. The average Bonchev–Trinajstić information content (AvgIpc) is 3.00. The fourth-order valence-electron chi connectivity index (χ4n) is 3.77. The first-order valence-corrected chi connectivity index (χ1v) is 9.60. The zero-order valence-corrected chi connectivity index (χ0v) is 16.0. The summed E-state index contributed by atoms with van der Waals surface area (Å²) < 4.78 is 2.17. The van der Waals surface area contributed by atoms with Gasteiger partial charge in [-0.25, -0.2) is 4.98 Å². The Bertz CT molecular complexity index is 937. The van der Waals surface area contributed by atoms with E-state index in [9.17, 15) is 4.79 Å². The van der Waals surface area contributed by atoms with Gasteiger partial charge in [-0.2, -0.15) is 0 Å². The molecule has 0 aliphatic carbocycles. The fourth-order valence-corrected chi connectivity index (χ4v) is 3.77. The number of benzene rings is 2. The number of carbonyl (C=O) groups excluding carboxylic acids is 1. The maximum atomic E-state index is 12.5. The Morgan fingerprint density at radius 3 is 2.52 bits per heavy atom. The third-order valence-corrected chi connectivity index (χ3v) is 5.52. The number of hydrogen-bond acceptors (Lipinski definition) is 3. The number of imidazole rings is 1. The van der Waals surface area contributed by atoms with Crippen LogP contribution in [0.2, 0.25) is 0 Å². The Hall–Kier alpha value is -2.66. The van der Waals surface area contributed by atoms with Crippen molar-refractivity contribution in [3.05, 3.63) is 59.9 Å². The molecule has 1 amide bonds. The Kier molecular flexibility index (Phi) is 4.94. The molecule has 1 fully saturated rings. The number of nitrogens with zero attached hydrogens (tertiary/aromatic N) is 3. The second-order valence-electron chi connectivity index (χ2n) is 7.48. The third kappa shape index (κ3) is 3.88. The van der Waals surface area contributed by atoms with Gasteiger partial charge < -0.3 is 9.88 Å². The molecule has 27 heavy (non-hydrogen) atoms. The van der Waals surface area contributed by atoms with Crippen LogP contribution in [0, 0.1) is 12.8 Å². The minimum Gasteiger partial charge on any atom is -0.330 e. The number of aromatic nitrogens is 2. The first-order chi connectivity index (χ1) is 13.1. The number of rotatable bonds is 4. The highest BCUT2D eigenvalue weighted by molar-refractivity contribution is 5.92. The molecule has 140 valence electrons. The number of nitrogens with one attached hydrogen (secondary N) is 1. The Morgan fingerprint density at radius 2 is 1.81 bits per heavy atom. The van der Waals surface area contributed by atoms with Crippen molar-refractivity contribution in [2.75, 3.05) is 18.4 Å². The maximum absolute atomic E-state index is 12.5. The lowest BCUT2D eigenvalue weighted by molar-refractivity contribution is -0.121. The van der Waals surface area contributed by atoms with E-state index in [1.54, 1.807) is 0 Å². The van der Waals surface area contributed by atoms with E-state index in [1.165, 1.54) is 11.1 Å². The van der Waals surface area contributed by atoms with Gasteiger partial charge in [0.1, 0.15) is 5.82 Å². The van der Waals surface area contributed by atoms with Gasteiger partial charge in [0, 0.05) is 18.7 Å². The molecule has 5 nitrogen and oxygen atoms in total. The van der Waals surface area contributed by atoms with E-state index in [4.69, 9.17) is 4.98 Å². The summed E-state index contributed by atoms with van der Waals surface area (Å²) in [7, 11) is 2.08. The summed E-state index contributed by atoms with van der Waals surface area (Å²) in [5.74, 6) is 1.31. The van der Waals surface area contributed by atoms with Crippen LogP contribution in [0.5, 0.6) is 0 Å². The SMILES string of the molecule is Cc1ccc(NC(=O)C2CCN(Cc3nc4ccccc4n3C)CC2)cc1.